The summed E-state index contributed by atoms with van der Waals surface area (Å²) >= 11 is 0. The number of hydrogen-bond donors (Lipinski definition) is 2. The first-order valence-electron chi connectivity index (χ1n) is 7.50. The van der Waals surface area contributed by atoms with Crippen molar-refractivity contribution in [2.75, 3.05) is 20.7 Å². The molecule has 1 spiro atoms. The first kappa shape index (κ1) is 12.5. The molecule has 0 radical (unpaired) electrons. The molecule has 4 rings (SSSR count). The van der Waals surface area contributed by atoms with E-state index in [9.17, 15) is 5.11 Å². The van der Waals surface area contributed by atoms with Crippen LogP contribution in [0, 0.1) is 0 Å². The van der Waals surface area contributed by atoms with Gasteiger partial charge in [0.2, 0.25) is 0 Å². The first-order valence-corrected chi connectivity index (χ1v) is 7.50. The highest BCUT2D eigenvalue weighted by atomic mass is 16.5. The van der Waals surface area contributed by atoms with Gasteiger partial charge in [-0.2, -0.15) is 0 Å². The highest BCUT2D eigenvalue weighted by Crippen LogP contribution is 2.55. The Labute approximate surface area is 119 Å². The fourth-order valence-electron chi connectivity index (χ4n) is 4.57. The topological polar surface area (TPSA) is 43.1 Å². The van der Waals surface area contributed by atoms with Gasteiger partial charge in [-0.15, -0.1) is 0 Å². The number of aliphatic hydroxyl groups is 1. The Morgan fingerprint density at radius 1 is 1.45 bits per heavy atom. The number of methoxy groups -OCH3 is 1. The van der Waals surface area contributed by atoms with E-state index in [-0.39, 0.29) is 17.6 Å². The minimum absolute atomic E-state index is 0.00822. The molecule has 1 aromatic rings. The molecule has 108 valence electrons. The number of nitrogens with one attached hydrogen (secondary N) is 1. The SMILES string of the molecule is COc1cccc2c1O[C@H]1[C@@H](O)C[C@H]3C[C@@]21CC[NH+]3C. The van der Waals surface area contributed by atoms with Gasteiger partial charge in [0.1, 0.15) is 6.10 Å². The molecule has 4 nitrogen and oxygen atoms in total. The average Bonchev–Trinajstić information content (AvgIpc) is 2.78. The van der Waals surface area contributed by atoms with Crippen molar-refractivity contribution in [3.63, 3.8) is 0 Å². The number of benzene rings is 1. The smallest absolute Gasteiger partial charge is 0.165 e. The Bertz CT molecular complexity index is 547. The van der Waals surface area contributed by atoms with Gasteiger partial charge in [0.15, 0.2) is 11.5 Å². The van der Waals surface area contributed by atoms with Gasteiger partial charge in [0.25, 0.3) is 0 Å². The van der Waals surface area contributed by atoms with Crippen LogP contribution >= 0.6 is 0 Å². The molecule has 1 saturated heterocycles. The molecule has 20 heavy (non-hydrogen) atoms. The molecule has 2 heterocycles. The molecule has 2 N–H and O–H groups in total. The van der Waals surface area contributed by atoms with Gasteiger partial charge in [0.05, 0.1) is 32.8 Å². The molecule has 0 amide bonds. The second kappa shape index (κ2) is 4.12. The maximum atomic E-state index is 10.6. The summed E-state index contributed by atoms with van der Waals surface area (Å²) in [4.78, 5) is 1.55. The molecular weight excluding hydrogens is 254 g/mol. The highest BCUT2D eigenvalue weighted by molar-refractivity contribution is 5.55. The lowest BCUT2D eigenvalue weighted by atomic mass is 9.62. The molecule has 0 aromatic heterocycles. The Morgan fingerprint density at radius 3 is 3.10 bits per heavy atom. The van der Waals surface area contributed by atoms with Gasteiger partial charge in [-0.3, -0.25) is 0 Å². The largest absolute Gasteiger partial charge is 0.493 e. The third-order valence-electron chi connectivity index (χ3n) is 5.67. The van der Waals surface area contributed by atoms with E-state index in [1.807, 2.05) is 12.1 Å². The zero-order chi connectivity index (χ0) is 13.9. The van der Waals surface area contributed by atoms with Crippen LogP contribution in [-0.4, -0.2) is 44.1 Å². The van der Waals surface area contributed by atoms with Crippen LogP contribution in [0.5, 0.6) is 11.5 Å². The van der Waals surface area contributed by atoms with Crippen molar-refractivity contribution in [2.45, 2.75) is 42.9 Å². The molecular formula is C16H22NO3+. The van der Waals surface area contributed by atoms with E-state index in [4.69, 9.17) is 9.47 Å². The van der Waals surface area contributed by atoms with E-state index in [1.54, 1.807) is 12.0 Å². The second-order valence-electron chi connectivity index (χ2n) is 6.58. The average molecular weight is 276 g/mol. The summed E-state index contributed by atoms with van der Waals surface area (Å²) in [5, 5.41) is 10.6. The molecule has 1 aromatic carbocycles. The normalized spacial score (nSPS) is 41.5. The Hall–Kier alpha value is -1.26. The molecule has 1 aliphatic carbocycles. The van der Waals surface area contributed by atoms with Crippen molar-refractivity contribution in [1.82, 2.24) is 0 Å². The van der Waals surface area contributed by atoms with E-state index in [1.165, 1.54) is 5.56 Å². The fraction of sp³-hybridized carbons (Fsp3) is 0.625. The monoisotopic (exact) mass is 276 g/mol. The van der Waals surface area contributed by atoms with E-state index < -0.39 is 0 Å². The number of para-hydroxylation sites is 1. The maximum absolute atomic E-state index is 10.6. The number of fused-ring (bicyclic) bond motifs is 2. The van der Waals surface area contributed by atoms with Crippen LogP contribution in [-0.2, 0) is 5.41 Å². The Morgan fingerprint density at radius 2 is 2.30 bits per heavy atom. The summed E-state index contributed by atoms with van der Waals surface area (Å²) in [6, 6.07) is 6.68. The predicted octanol–water partition coefficient (Wildman–Crippen LogP) is 0.136. The summed E-state index contributed by atoms with van der Waals surface area (Å²) in [5.74, 6) is 1.65. The number of likely N-dealkylation sites (tertiary alicyclic amines) is 1. The van der Waals surface area contributed by atoms with Gasteiger partial charge in [-0.05, 0) is 6.07 Å². The maximum Gasteiger partial charge on any atom is 0.165 e. The minimum Gasteiger partial charge on any atom is -0.493 e. The van der Waals surface area contributed by atoms with E-state index in [0.717, 1.165) is 37.3 Å². The summed E-state index contributed by atoms with van der Waals surface area (Å²) in [7, 11) is 3.92. The van der Waals surface area contributed by atoms with E-state index in [2.05, 4.69) is 13.1 Å². The van der Waals surface area contributed by atoms with Crippen LogP contribution in [0.1, 0.15) is 24.8 Å². The standard InChI is InChI=1S/C16H21NO3/c1-17-7-6-16-9-10(17)8-12(18)15(16)20-14-11(16)4-3-5-13(14)19-2/h3-5,10,12,15,18H,6-9H2,1-2H3/p+1/t10-,12-,15-,16-/m0/s1. The molecule has 5 atom stereocenters. The summed E-state index contributed by atoms with van der Waals surface area (Å²) in [6.07, 6.45) is 2.56. The van der Waals surface area contributed by atoms with Crippen molar-refractivity contribution < 1.29 is 19.5 Å². The van der Waals surface area contributed by atoms with E-state index in [0.29, 0.717) is 6.04 Å². The molecule has 3 aliphatic rings. The third kappa shape index (κ3) is 1.44. The van der Waals surface area contributed by atoms with Crippen LogP contribution in [0.15, 0.2) is 18.2 Å². The number of quaternary nitrogens is 1. The Balaban J connectivity index is 1.85. The quantitative estimate of drug-likeness (QED) is 0.766. The summed E-state index contributed by atoms with van der Waals surface area (Å²) < 4.78 is 11.6. The third-order valence-corrected chi connectivity index (χ3v) is 5.67. The number of piperidine rings is 1. The van der Waals surface area contributed by atoms with Crippen LogP contribution in [0.2, 0.25) is 0 Å². The zero-order valence-corrected chi connectivity index (χ0v) is 12.1. The van der Waals surface area contributed by atoms with Crippen molar-refractivity contribution >= 4 is 0 Å². The van der Waals surface area contributed by atoms with Gasteiger partial charge in [-0.25, -0.2) is 0 Å². The molecule has 4 heteroatoms. The second-order valence-corrected chi connectivity index (χ2v) is 6.58. The number of rotatable bonds is 1. The molecule has 2 fully saturated rings. The predicted molar refractivity (Wildman–Crippen MR) is 74.5 cm³/mol. The van der Waals surface area contributed by atoms with E-state index >= 15 is 0 Å². The molecule has 2 bridgehead atoms. The van der Waals surface area contributed by atoms with Crippen molar-refractivity contribution in [3.8, 4) is 11.5 Å². The zero-order valence-electron chi connectivity index (χ0n) is 12.1. The van der Waals surface area contributed by atoms with Crippen molar-refractivity contribution in [1.29, 1.82) is 0 Å². The summed E-state index contributed by atoms with van der Waals surface area (Å²) in [5.41, 5.74) is 1.24. The lowest BCUT2D eigenvalue weighted by molar-refractivity contribution is -0.915. The van der Waals surface area contributed by atoms with Crippen molar-refractivity contribution in [2.24, 2.45) is 0 Å². The number of hydrogen-bond acceptors (Lipinski definition) is 3. The summed E-state index contributed by atoms with van der Waals surface area (Å²) in [6.45, 7) is 1.15. The van der Waals surface area contributed by atoms with Gasteiger partial charge in [-0.1, -0.05) is 12.1 Å². The Kier molecular flexibility index (Phi) is 2.57. The lowest BCUT2D eigenvalue weighted by Gasteiger charge is -2.49. The highest BCUT2D eigenvalue weighted by Gasteiger charge is 2.60. The van der Waals surface area contributed by atoms with Crippen LogP contribution in [0.3, 0.4) is 0 Å². The van der Waals surface area contributed by atoms with Gasteiger partial charge in [0, 0.05) is 30.2 Å². The number of aliphatic hydroxyl groups excluding tert-OH is 1. The van der Waals surface area contributed by atoms with Crippen LogP contribution in [0.4, 0.5) is 0 Å². The first-order chi connectivity index (χ1) is 9.65. The van der Waals surface area contributed by atoms with Crippen molar-refractivity contribution in [3.05, 3.63) is 23.8 Å². The molecule has 2 aliphatic heterocycles. The fourth-order valence-corrected chi connectivity index (χ4v) is 4.57. The molecule has 1 unspecified atom stereocenters. The lowest BCUT2D eigenvalue weighted by Crippen LogP contribution is -3.15. The van der Waals surface area contributed by atoms with Gasteiger partial charge >= 0.3 is 0 Å². The molecule has 1 saturated carbocycles. The van der Waals surface area contributed by atoms with Crippen LogP contribution in [0.25, 0.3) is 0 Å². The van der Waals surface area contributed by atoms with Crippen LogP contribution < -0.4 is 14.4 Å². The minimum atomic E-state index is -0.374. The number of ether oxygens (including phenoxy) is 2. The van der Waals surface area contributed by atoms with Gasteiger partial charge < -0.3 is 19.5 Å².